The lowest BCUT2D eigenvalue weighted by Crippen LogP contribution is -2.20. The number of ether oxygens (including phenoxy) is 2. The van der Waals surface area contributed by atoms with Gasteiger partial charge in [-0.05, 0) is 35.4 Å². The molecule has 38 heavy (non-hydrogen) atoms. The summed E-state index contributed by atoms with van der Waals surface area (Å²) in [6, 6.07) is 5.70. The van der Waals surface area contributed by atoms with E-state index in [4.69, 9.17) is 30.9 Å². The van der Waals surface area contributed by atoms with Gasteiger partial charge in [-0.3, -0.25) is 9.48 Å². The van der Waals surface area contributed by atoms with Crippen molar-refractivity contribution in [2.24, 2.45) is 7.05 Å². The topological polar surface area (TPSA) is 155 Å². The van der Waals surface area contributed by atoms with Gasteiger partial charge in [-0.15, -0.1) is 12.4 Å². The molecular weight excluding hydrogens is 540 g/mol. The van der Waals surface area contributed by atoms with Crippen molar-refractivity contribution in [3.05, 3.63) is 64.7 Å². The molecule has 0 aliphatic heterocycles. The minimum Gasteiger partial charge on any atom is -0.494 e. The van der Waals surface area contributed by atoms with E-state index < -0.39 is 18.7 Å². The highest BCUT2D eigenvalue weighted by molar-refractivity contribution is 6.28. The van der Waals surface area contributed by atoms with E-state index in [9.17, 15) is 9.18 Å². The fourth-order valence-electron chi connectivity index (χ4n) is 3.45. The molecule has 0 saturated heterocycles. The normalized spacial score (nSPS) is 12.1. The zero-order chi connectivity index (χ0) is 29.0. The summed E-state index contributed by atoms with van der Waals surface area (Å²) in [7, 11) is 3.13. The number of nitrogen functional groups attached to an aromatic ring is 1. The van der Waals surface area contributed by atoms with Crippen molar-refractivity contribution < 1.29 is 22.8 Å². The number of carbonyl (C=O) groups is 1. The van der Waals surface area contributed by atoms with Crippen molar-refractivity contribution in [2.75, 3.05) is 25.1 Å². The smallest absolute Gasteiger partial charge is 0.256 e. The van der Waals surface area contributed by atoms with Crippen LogP contribution in [0.4, 0.5) is 21.7 Å². The van der Waals surface area contributed by atoms with Crippen LogP contribution in [0, 0.1) is 5.82 Å². The molecule has 0 radical (unpaired) electrons. The number of benzene rings is 1. The molecule has 4 rings (SSSR count). The number of carbonyl (C=O) groups excluding carboxylic acids is 1. The number of nitrogens with one attached hydrogen (secondary N) is 2. The van der Waals surface area contributed by atoms with Gasteiger partial charge in [0.1, 0.15) is 29.3 Å². The second-order valence-corrected chi connectivity index (χ2v) is 7.98. The summed E-state index contributed by atoms with van der Waals surface area (Å²) in [5.74, 6) is -0.938. The van der Waals surface area contributed by atoms with E-state index in [-0.39, 0.29) is 53.9 Å². The van der Waals surface area contributed by atoms with Gasteiger partial charge in [0.05, 0.1) is 37.3 Å². The Morgan fingerprint density at radius 1 is 1.24 bits per heavy atom. The van der Waals surface area contributed by atoms with Gasteiger partial charge in [-0.1, -0.05) is 0 Å². The molecule has 0 saturated carbocycles. The van der Waals surface area contributed by atoms with Gasteiger partial charge in [0, 0.05) is 30.4 Å². The van der Waals surface area contributed by atoms with Crippen LogP contribution in [0.15, 0.2) is 36.8 Å². The van der Waals surface area contributed by atoms with E-state index in [2.05, 4.69) is 30.4 Å². The molecule has 1 aromatic carbocycles. The number of rotatable bonds is 9. The quantitative estimate of drug-likeness (QED) is 0.257. The van der Waals surface area contributed by atoms with Crippen LogP contribution in [-0.2, 0) is 25.0 Å². The number of nitrogens with two attached hydrogens (primary N) is 1. The maximum atomic E-state index is 13.7. The van der Waals surface area contributed by atoms with Crippen molar-refractivity contribution in [1.82, 2.24) is 35.0 Å². The molecule has 1 amide bonds. The summed E-state index contributed by atoms with van der Waals surface area (Å²) in [6.07, 6.45) is 2.60. The number of halogens is 3. The number of amides is 1. The van der Waals surface area contributed by atoms with Crippen molar-refractivity contribution in [1.29, 1.82) is 0 Å². The Labute approximate surface area is 232 Å². The lowest BCUT2D eigenvalue weighted by atomic mass is 10.1. The molecule has 0 atom stereocenters. The van der Waals surface area contributed by atoms with Crippen LogP contribution in [-0.4, -0.2) is 49.7 Å². The van der Waals surface area contributed by atoms with Crippen LogP contribution in [0.2, 0.25) is 5.28 Å². The molecule has 12 nitrogen and oxygen atoms in total. The van der Waals surface area contributed by atoms with Gasteiger partial charge in [-0.2, -0.15) is 10.1 Å². The van der Waals surface area contributed by atoms with Gasteiger partial charge in [0.25, 0.3) is 5.91 Å². The zero-order valence-corrected chi connectivity index (χ0v) is 21.6. The first-order chi connectivity index (χ1) is 18.9. The Balaban J connectivity index is 0.00000462. The lowest BCUT2D eigenvalue weighted by Gasteiger charge is -2.17. The van der Waals surface area contributed by atoms with Crippen molar-refractivity contribution >= 4 is 47.2 Å². The molecule has 0 aliphatic rings. The number of hydrogen-bond donors (Lipinski definition) is 3. The molecule has 200 valence electrons. The lowest BCUT2D eigenvalue weighted by molar-refractivity contribution is 0.0963. The van der Waals surface area contributed by atoms with Gasteiger partial charge in [-0.25, -0.2) is 19.3 Å². The Hall–Kier alpha value is -4.07. The number of hydrogen-bond acceptors (Lipinski definition) is 10. The first-order valence-electron chi connectivity index (χ1n) is 12.1. The monoisotopic (exact) mass is 566 g/mol. The standard InChI is InChI=1S/C23H23ClFN9O3.ClH/c1-27-22(35)16-8-28-23(24)32-21(16)31-17-5-12(9-37-10-14-6-13(25)7-18(26)30-14)4-15(19(17)36-3)20-29-11-34(2)33-20;/h4-8,11H,9-10H2,1-3H3,(H2,26,30)(H,27,35)(H,28,31,32);1H/i1D3;. The van der Waals surface area contributed by atoms with Gasteiger partial charge in [0.15, 0.2) is 11.6 Å². The summed E-state index contributed by atoms with van der Waals surface area (Å²) >= 11 is 5.98. The Morgan fingerprint density at radius 3 is 2.74 bits per heavy atom. The van der Waals surface area contributed by atoms with Gasteiger partial charge < -0.3 is 25.8 Å². The summed E-state index contributed by atoms with van der Waals surface area (Å²) < 4.78 is 48.6. The highest BCUT2D eigenvalue weighted by Gasteiger charge is 2.20. The Morgan fingerprint density at radius 2 is 2.05 bits per heavy atom. The Bertz CT molecular complexity index is 1540. The van der Waals surface area contributed by atoms with Crippen LogP contribution < -0.4 is 21.1 Å². The molecule has 0 aliphatic carbocycles. The van der Waals surface area contributed by atoms with E-state index >= 15 is 0 Å². The van der Waals surface area contributed by atoms with E-state index in [0.29, 0.717) is 28.3 Å². The van der Waals surface area contributed by atoms with Gasteiger partial charge in [0.2, 0.25) is 5.28 Å². The molecule has 0 unspecified atom stereocenters. The molecule has 0 bridgehead atoms. The second-order valence-electron chi connectivity index (χ2n) is 7.64. The zero-order valence-electron chi connectivity index (χ0n) is 23.0. The summed E-state index contributed by atoms with van der Waals surface area (Å²) in [6.45, 7) is -2.75. The number of nitrogens with zero attached hydrogens (tertiary/aromatic N) is 6. The summed E-state index contributed by atoms with van der Waals surface area (Å²) in [5, 5.41) is 9.02. The molecule has 0 fully saturated rings. The van der Waals surface area contributed by atoms with Crippen LogP contribution in [0.25, 0.3) is 11.4 Å². The molecule has 3 heterocycles. The number of aryl methyl sites for hydroxylation is 1. The average Bonchev–Trinajstić information content (AvgIpc) is 3.28. The third-order valence-electron chi connectivity index (χ3n) is 4.95. The fourth-order valence-corrected chi connectivity index (χ4v) is 3.58. The Kier molecular flexibility index (Phi) is 7.95. The van der Waals surface area contributed by atoms with Crippen LogP contribution >= 0.6 is 24.0 Å². The molecule has 4 N–H and O–H groups in total. The largest absolute Gasteiger partial charge is 0.494 e. The first-order valence-corrected chi connectivity index (χ1v) is 11.0. The van der Waals surface area contributed by atoms with E-state index in [0.717, 1.165) is 12.3 Å². The minimum atomic E-state index is -2.75. The second kappa shape index (κ2) is 12.4. The number of methoxy groups -OCH3 is 1. The van der Waals surface area contributed by atoms with E-state index in [1.165, 1.54) is 24.2 Å². The third-order valence-corrected chi connectivity index (χ3v) is 5.13. The molecule has 0 spiro atoms. The molecular formula is C23H24Cl2FN9O3. The van der Waals surface area contributed by atoms with Crippen LogP contribution in [0.5, 0.6) is 5.75 Å². The number of anilines is 3. The van der Waals surface area contributed by atoms with Crippen molar-refractivity contribution in [3.63, 3.8) is 0 Å². The van der Waals surface area contributed by atoms with Crippen molar-refractivity contribution in [2.45, 2.75) is 13.2 Å². The summed E-state index contributed by atoms with van der Waals surface area (Å²) in [5.41, 5.74) is 7.10. The van der Waals surface area contributed by atoms with Crippen LogP contribution in [0.1, 0.15) is 25.7 Å². The van der Waals surface area contributed by atoms with Crippen LogP contribution in [0.3, 0.4) is 0 Å². The molecule has 3 aromatic heterocycles. The summed E-state index contributed by atoms with van der Waals surface area (Å²) in [4.78, 5) is 28.9. The van der Waals surface area contributed by atoms with Crippen molar-refractivity contribution in [3.8, 4) is 17.1 Å². The van der Waals surface area contributed by atoms with E-state index in [1.54, 1.807) is 19.2 Å². The highest BCUT2D eigenvalue weighted by Crippen LogP contribution is 2.38. The predicted molar refractivity (Wildman–Crippen MR) is 141 cm³/mol. The highest BCUT2D eigenvalue weighted by atomic mass is 35.5. The maximum absolute atomic E-state index is 13.7. The SMILES string of the molecule is Cl.[2H]C([2H])([2H])NC(=O)c1cnc(Cl)nc1Nc1cc(COCc2cc(F)cc(N)n2)cc(-c2ncn(C)n2)c1OC. The number of aromatic nitrogens is 6. The third kappa shape index (κ3) is 6.62. The number of pyridine rings is 1. The first kappa shape index (κ1) is 24.3. The average molecular weight is 567 g/mol. The predicted octanol–water partition coefficient (Wildman–Crippen LogP) is 3.29. The molecule has 4 aromatic rings. The maximum Gasteiger partial charge on any atom is 0.256 e. The fraction of sp³-hybridized carbons (Fsp3) is 0.217. The minimum absolute atomic E-state index is 0. The van der Waals surface area contributed by atoms with Gasteiger partial charge >= 0.3 is 0 Å². The van der Waals surface area contributed by atoms with E-state index in [1.807, 2.05) is 5.32 Å². The molecule has 15 heteroatoms.